The van der Waals surface area contributed by atoms with Crippen LogP contribution in [-0.4, -0.2) is 27.3 Å². The second-order valence-corrected chi connectivity index (χ2v) is 8.31. The number of hydrogen-bond donors (Lipinski definition) is 1. The fourth-order valence-corrected chi connectivity index (χ4v) is 4.11. The molecule has 1 aliphatic heterocycles. The summed E-state index contributed by atoms with van der Waals surface area (Å²) in [5.74, 6) is 1.80. The lowest BCUT2D eigenvalue weighted by atomic mass is 10.1. The molecule has 1 atom stereocenters. The molecule has 3 aromatic rings. The number of fused-ring (bicyclic) bond motifs is 1. The second kappa shape index (κ2) is 7.85. The largest absolute Gasteiger partial charge is 0.445 e. The number of hydrogen-bond acceptors (Lipinski definition) is 6. The van der Waals surface area contributed by atoms with Crippen LogP contribution in [0.25, 0.3) is 0 Å². The van der Waals surface area contributed by atoms with E-state index < -0.39 is 0 Å². The summed E-state index contributed by atoms with van der Waals surface area (Å²) < 4.78 is 5.81. The number of amides is 1. The van der Waals surface area contributed by atoms with E-state index in [0.717, 1.165) is 27.9 Å². The minimum Gasteiger partial charge on any atom is -0.445 e. The molecule has 146 valence electrons. The summed E-state index contributed by atoms with van der Waals surface area (Å²) in [6.45, 7) is 5.18. The zero-order chi connectivity index (χ0) is 19.7. The number of rotatable bonds is 5. The molecule has 1 aliphatic rings. The van der Waals surface area contributed by atoms with Crippen LogP contribution >= 0.6 is 11.3 Å². The maximum absolute atomic E-state index is 12.9. The highest BCUT2D eigenvalue weighted by atomic mass is 32.1. The van der Waals surface area contributed by atoms with Gasteiger partial charge in [0.25, 0.3) is 5.91 Å². The molecular formula is C21H24N4O2S. The first-order valence-electron chi connectivity index (χ1n) is 9.54. The van der Waals surface area contributed by atoms with E-state index in [1.54, 1.807) is 10.3 Å². The quantitative estimate of drug-likeness (QED) is 0.711. The third kappa shape index (κ3) is 3.86. The number of nitrogens with two attached hydrogens (primary N) is 1. The van der Waals surface area contributed by atoms with Crippen molar-refractivity contribution in [2.45, 2.75) is 45.2 Å². The monoisotopic (exact) mass is 396 g/mol. The van der Waals surface area contributed by atoms with E-state index in [9.17, 15) is 4.79 Å². The van der Waals surface area contributed by atoms with Gasteiger partial charge in [-0.25, -0.2) is 9.97 Å². The second-order valence-electron chi connectivity index (χ2n) is 7.42. The van der Waals surface area contributed by atoms with Crippen molar-refractivity contribution in [3.8, 4) is 0 Å². The minimum absolute atomic E-state index is 0.0749. The van der Waals surface area contributed by atoms with E-state index in [-0.39, 0.29) is 17.9 Å². The summed E-state index contributed by atoms with van der Waals surface area (Å²) in [6, 6.07) is 9.86. The van der Waals surface area contributed by atoms with Crippen molar-refractivity contribution in [3.05, 3.63) is 69.3 Å². The number of benzene rings is 1. The van der Waals surface area contributed by atoms with Gasteiger partial charge < -0.3 is 15.1 Å². The first kappa shape index (κ1) is 18.8. The van der Waals surface area contributed by atoms with Gasteiger partial charge in [-0.05, 0) is 12.0 Å². The summed E-state index contributed by atoms with van der Waals surface area (Å²) in [7, 11) is 0. The summed E-state index contributed by atoms with van der Waals surface area (Å²) in [5, 5.41) is 2.59. The molecule has 0 unspecified atom stereocenters. The van der Waals surface area contributed by atoms with Gasteiger partial charge in [0.15, 0.2) is 5.89 Å². The van der Waals surface area contributed by atoms with E-state index in [1.165, 1.54) is 11.3 Å². The van der Waals surface area contributed by atoms with Gasteiger partial charge in [-0.15, -0.1) is 11.3 Å². The summed E-state index contributed by atoms with van der Waals surface area (Å²) >= 11 is 1.45. The Morgan fingerprint density at radius 2 is 2.07 bits per heavy atom. The molecule has 0 radical (unpaired) electrons. The molecule has 4 rings (SSSR count). The zero-order valence-electron chi connectivity index (χ0n) is 16.1. The first-order chi connectivity index (χ1) is 13.5. The summed E-state index contributed by atoms with van der Waals surface area (Å²) in [4.78, 5) is 23.8. The SMILES string of the molecule is CC(C)c1nc2c(o1)CCN(C(=O)c1csc([C@@H](N)Cc3ccccc3)n1)C2. The average Bonchev–Trinajstić information content (AvgIpc) is 3.35. The van der Waals surface area contributed by atoms with Gasteiger partial charge in [0.05, 0.1) is 12.6 Å². The highest BCUT2D eigenvalue weighted by Crippen LogP contribution is 2.26. The highest BCUT2D eigenvalue weighted by Gasteiger charge is 2.28. The molecule has 0 saturated carbocycles. The van der Waals surface area contributed by atoms with Gasteiger partial charge in [-0.3, -0.25) is 4.79 Å². The lowest BCUT2D eigenvalue weighted by Crippen LogP contribution is -2.36. The van der Waals surface area contributed by atoms with Crippen LogP contribution in [0.3, 0.4) is 0 Å². The topological polar surface area (TPSA) is 85.2 Å². The van der Waals surface area contributed by atoms with Crippen LogP contribution in [0.15, 0.2) is 40.1 Å². The molecule has 0 bridgehead atoms. The number of carbonyl (C=O) groups is 1. The summed E-state index contributed by atoms with van der Waals surface area (Å²) in [6.07, 6.45) is 1.39. The van der Waals surface area contributed by atoms with Gasteiger partial charge in [0.2, 0.25) is 0 Å². The van der Waals surface area contributed by atoms with Crippen molar-refractivity contribution in [1.29, 1.82) is 0 Å². The number of oxazole rings is 1. The number of carbonyl (C=O) groups excluding carboxylic acids is 1. The first-order valence-corrected chi connectivity index (χ1v) is 10.4. The standard InChI is InChI=1S/C21H24N4O2S/c1-13(2)19-23-16-11-25(9-8-18(16)27-19)21(26)17-12-28-20(24-17)15(22)10-14-6-4-3-5-7-14/h3-7,12-13,15H,8-11,22H2,1-2H3/t15-/m0/s1. The van der Waals surface area contributed by atoms with Gasteiger partial charge in [-0.1, -0.05) is 44.2 Å². The van der Waals surface area contributed by atoms with Crippen molar-refractivity contribution >= 4 is 17.2 Å². The number of aromatic nitrogens is 2. The van der Waals surface area contributed by atoms with E-state index in [1.807, 2.05) is 30.3 Å². The Labute approximate surface area is 168 Å². The highest BCUT2D eigenvalue weighted by molar-refractivity contribution is 7.09. The van der Waals surface area contributed by atoms with E-state index in [4.69, 9.17) is 10.2 Å². The van der Waals surface area contributed by atoms with Crippen molar-refractivity contribution < 1.29 is 9.21 Å². The van der Waals surface area contributed by atoms with Crippen molar-refractivity contribution in [2.24, 2.45) is 5.73 Å². The molecule has 28 heavy (non-hydrogen) atoms. The van der Waals surface area contributed by atoms with Crippen molar-refractivity contribution in [1.82, 2.24) is 14.9 Å². The maximum Gasteiger partial charge on any atom is 0.273 e. The third-order valence-electron chi connectivity index (χ3n) is 4.88. The van der Waals surface area contributed by atoms with Gasteiger partial charge in [0.1, 0.15) is 22.2 Å². The Morgan fingerprint density at radius 1 is 1.29 bits per heavy atom. The van der Waals surface area contributed by atoms with Gasteiger partial charge >= 0.3 is 0 Å². The van der Waals surface area contributed by atoms with E-state index in [2.05, 4.69) is 23.8 Å². The molecule has 1 amide bonds. The third-order valence-corrected chi connectivity index (χ3v) is 5.86. The van der Waals surface area contributed by atoms with Crippen molar-refractivity contribution in [3.63, 3.8) is 0 Å². The lowest BCUT2D eigenvalue weighted by Gasteiger charge is -2.24. The number of thiazole rings is 1. The predicted octanol–water partition coefficient (Wildman–Crippen LogP) is 3.70. The van der Waals surface area contributed by atoms with Crippen LogP contribution < -0.4 is 5.73 Å². The molecule has 7 heteroatoms. The molecule has 1 aromatic carbocycles. The Morgan fingerprint density at radius 3 is 2.82 bits per heavy atom. The van der Waals surface area contributed by atoms with Crippen LogP contribution in [0.2, 0.25) is 0 Å². The normalized spacial score (nSPS) is 14.9. The Bertz CT molecular complexity index is 964. The zero-order valence-corrected chi connectivity index (χ0v) is 16.9. The molecule has 2 N–H and O–H groups in total. The molecule has 6 nitrogen and oxygen atoms in total. The molecular weight excluding hydrogens is 372 g/mol. The molecule has 0 saturated heterocycles. The maximum atomic E-state index is 12.9. The van der Waals surface area contributed by atoms with Gasteiger partial charge in [-0.2, -0.15) is 0 Å². The summed E-state index contributed by atoms with van der Waals surface area (Å²) in [5.41, 5.74) is 8.79. The fourth-order valence-electron chi connectivity index (χ4n) is 3.31. The Hall–Kier alpha value is -2.51. The van der Waals surface area contributed by atoms with Crippen LogP contribution in [-0.2, 0) is 19.4 Å². The van der Waals surface area contributed by atoms with Crippen LogP contribution in [0.4, 0.5) is 0 Å². The lowest BCUT2D eigenvalue weighted by molar-refractivity contribution is 0.0722. The van der Waals surface area contributed by atoms with Crippen LogP contribution in [0.5, 0.6) is 0 Å². The van der Waals surface area contributed by atoms with E-state index >= 15 is 0 Å². The van der Waals surface area contributed by atoms with Crippen LogP contribution in [0, 0.1) is 0 Å². The number of nitrogens with zero attached hydrogens (tertiary/aromatic N) is 3. The Balaban J connectivity index is 1.44. The average molecular weight is 397 g/mol. The van der Waals surface area contributed by atoms with Crippen molar-refractivity contribution in [2.75, 3.05) is 6.54 Å². The molecule has 0 fully saturated rings. The predicted molar refractivity (Wildman–Crippen MR) is 108 cm³/mol. The van der Waals surface area contributed by atoms with Crippen LogP contribution in [0.1, 0.15) is 64.2 Å². The molecule has 0 aliphatic carbocycles. The smallest absolute Gasteiger partial charge is 0.273 e. The fraction of sp³-hybridized carbons (Fsp3) is 0.381. The Kier molecular flexibility index (Phi) is 5.28. The van der Waals surface area contributed by atoms with Gasteiger partial charge in [0, 0.05) is 24.3 Å². The van der Waals surface area contributed by atoms with E-state index in [0.29, 0.717) is 31.6 Å². The minimum atomic E-state index is -0.217. The molecule has 3 heterocycles. The molecule has 0 spiro atoms. The molecule has 2 aromatic heterocycles.